The highest BCUT2D eigenvalue weighted by atomic mass is 16.2. The second-order valence-electron chi connectivity index (χ2n) is 5.07. The van der Waals surface area contributed by atoms with Crippen molar-refractivity contribution in [2.45, 2.75) is 13.5 Å². The van der Waals surface area contributed by atoms with Crippen LogP contribution in [-0.4, -0.2) is 43.9 Å². The highest BCUT2D eigenvalue weighted by molar-refractivity contribution is 5.93. The number of carbonyl (C=O) groups excluding carboxylic acids is 1. The lowest BCUT2D eigenvalue weighted by Gasteiger charge is -2.34. The molecule has 1 amide bonds. The Morgan fingerprint density at radius 2 is 2.14 bits per heavy atom. The number of hydrogen-bond acceptors (Lipinski definition) is 5. The van der Waals surface area contributed by atoms with Gasteiger partial charge in [-0.25, -0.2) is 4.68 Å². The number of likely N-dealkylation sites (tertiary alicyclic amines) is 1. The first-order valence-electron chi connectivity index (χ1n) is 6.67. The predicted molar refractivity (Wildman–Crippen MR) is 73.1 cm³/mol. The van der Waals surface area contributed by atoms with E-state index in [2.05, 4.69) is 21.4 Å². The van der Waals surface area contributed by atoms with Crippen LogP contribution in [0, 0.1) is 24.2 Å². The largest absolute Gasteiger partial charge is 0.334 e. The van der Waals surface area contributed by atoms with Crippen molar-refractivity contribution in [3.63, 3.8) is 0 Å². The molecule has 0 unspecified atom stereocenters. The van der Waals surface area contributed by atoms with Crippen LogP contribution in [0.5, 0.6) is 0 Å². The molecule has 21 heavy (non-hydrogen) atoms. The molecule has 2 aromatic heterocycles. The summed E-state index contributed by atoms with van der Waals surface area (Å²) in [7, 11) is 0. The van der Waals surface area contributed by atoms with Gasteiger partial charge in [0.15, 0.2) is 5.69 Å². The van der Waals surface area contributed by atoms with E-state index >= 15 is 0 Å². The molecule has 1 saturated heterocycles. The van der Waals surface area contributed by atoms with Gasteiger partial charge in [0, 0.05) is 25.5 Å². The molecule has 0 spiro atoms. The molecule has 1 aliphatic heterocycles. The third-order valence-corrected chi connectivity index (χ3v) is 3.62. The lowest BCUT2D eigenvalue weighted by atomic mass is 10.0. The second-order valence-corrected chi connectivity index (χ2v) is 5.07. The first kappa shape index (κ1) is 13.2. The van der Waals surface area contributed by atoms with Gasteiger partial charge in [-0.3, -0.25) is 9.78 Å². The first-order chi connectivity index (χ1) is 10.2. The number of nitrogens with zero attached hydrogens (tertiary/aromatic N) is 6. The zero-order valence-electron chi connectivity index (χ0n) is 11.6. The van der Waals surface area contributed by atoms with E-state index in [1.807, 2.05) is 19.1 Å². The average molecular weight is 282 g/mol. The molecule has 0 radical (unpaired) electrons. The molecule has 0 bridgehead atoms. The Kier molecular flexibility index (Phi) is 3.36. The van der Waals surface area contributed by atoms with Gasteiger partial charge in [0.05, 0.1) is 24.2 Å². The number of carbonyl (C=O) groups is 1. The molecule has 1 aliphatic rings. The summed E-state index contributed by atoms with van der Waals surface area (Å²) in [4.78, 5) is 17.9. The molecule has 2 aromatic rings. The van der Waals surface area contributed by atoms with Crippen molar-refractivity contribution in [3.05, 3.63) is 41.5 Å². The minimum Gasteiger partial charge on any atom is -0.334 e. The Bertz CT molecular complexity index is 696. The quantitative estimate of drug-likeness (QED) is 0.823. The van der Waals surface area contributed by atoms with Gasteiger partial charge >= 0.3 is 0 Å². The Morgan fingerprint density at radius 1 is 1.43 bits per heavy atom. The summed E-state index contributed by atoms with van der Waals surface area (Å²) in [5, 5.41) is 16.8. The fourth-order valence-electron chi connectivity index (χ4n) is 2.25. The van der Waals surface area contributed by atoms with E-state index in [4.69, 9.17) is 5.26 Å². The highest BCUT2D eigenvalue weighted by Gasteiger charge is 2.33. The maximum absolute atomic E-state index is 12.3. The molecule has 106 valence electrons. The minimum absolute atomic E-state index is 0.0545. The predicted octanol–water partition coefficient (Wildman–Crippen LogP) is 0.625. The summed E-state index contributed by atoms with van der Waals surface area (Å²) >= 11 is 0. The van der Waals surface area contributed by atoms with Gasteiger partial charge in [-0.1, -0.05) is 5.21 Å². The monoisotopic (exact) mass is 282 g/mol. The van der Waals surface area contributed by atoms with E-state index in [-0.39, 0.29) is 11.8 Å². The van der Waals surface area contributed by atoms with Gasteiger partial charge in [-0.05, 0) is 24.6 Å². The number of nitriles is 1. The van der Waals surface area contributed by atoms with Crippen LogP contribution in [0.4, 0.5) is 0 Å². The molecule has 3 heterocycles. The summed E-state index contributed by atoms with van der Waals surface area (Å²) in [6.07, 6.45) is 3.44. The Balaban J connectivity index is 1.74. The van der Waals surface area contributed by atoms with Gasteiger partial charge in [0.25, 0.3) is 5.91 Å². The number of pyridine rings is 1. The topological polar surface area (TPSA) is 87.7 Å². The smallest absolute Gasteiger partial charge is 0.276 e. The minimum atomic E-state index is -0.153. The fraction of sp³-hybridized carbons (Fsp3) is 0.357. The molecule has 7 heteroatoms. The van der Waals surface area contributed by atoms with E-state index in [0.717, 1.165) is 11.3 Å². The molecule has 0 aromatic carbocycles. The zero-order valence-corrected chi connectivity index (χ0v) is 11.6. The lowest BCUT2D eigenvalue weighted by molar-refractivity contribution is 0.0570. The Labute approximate surface area is 121 Å². The molecule has 0 N–H and O–H groups in total. The van der Waals surface area contributed by atoms with Crippen molar-refractivity contribution in [1.29, 1.82) is 5.26 Å². The normalized spacial score (nSPS) is 14.6. The lowest BCUT2D eigenvalue weighted by Crippen LogP contribution is -2.49. The van der Waals surface area contributed by atoms with Gasteiger partial charge in [-0.15, -0.1) is 5.10 Å². The van der Waals surface area contributed by atoms with Crippen LogP contribution >= 0.6 is 0 Å². The molecular weight excluding hydrogens is 268 g/mol. The summed E-state index contributed by atoms with van der Waals surface area (Å²) in [6.45, 7) is 3.34. The third-order valence-electron chi connectivity index (χ3n) is 3.62. The molecular formula is C14H14N6O. The van der Waals surface area contributed by atoms with Crippen molar-refractivity contribution < 1.29 is 4.79 Å². The molecule has 1 fully saturated rings. The van der Waals surface area contributed by atoms with E-state index in [0.29, 0.717) is 25.3 Å². The number of amides is 1. The van der Waals surface area contributed by atoms with Crippen LogP contribution in [0.1, 0.15) is 21.7 Å². The van der Waals surface area contributed by atoms with Crippen LogP contribution < -0.4 is 0 Å². The Morgan fingerprint density at radius 3 is 2.81 bits per heavy atom. The van der Waals surface area contributed by atoms with Crippen molar-refractivity contribution >= 4 is 5.91 Å². The molecule has 3 rings (SSSR count). The standard InChI is InChI=1S/C14H14N6O/c1-10-13(14(21)19-7-12(6-15)8-19)17-18-20(10)9-11-2-4-16-5-3-11/h2-5,12H,7-9H2,1H3. The second kappa shape index (κ2) is 5.32. The van der Waals surface area contributed by atoms with Gasteiger partial charge in [-0.2, -0.15) is 5.26 Å². The number of aromatic nitrogens is 4. The molecule has 7 nitrogen and oxygen atoms in total. The van der Waals surface area contributed by atoms with E-state index in [9.17, 15) is 4.79 Å². The summed E-state index contributed by atoms with van der Waals surface area (Å²) in [6, 6.07) is 5.95. The van der Waals surface area contributed by atoms with Crippen LogP contribution in [0.25, 0.3) is 0 Å². The number of hydrogen-bond donors (Lipinski definition) is 0. The van der Waals surface area contributed by atoms with Gasteiger partial charge < -0.3 is 4.90 Å². The molecule has 0 saturated carbocycles. The molecule has 0 atom stereocenters. The van der Waals surface area contributed by atoms with Crippen molar-refractivity contribution in [1.82, 2.24) is 24.9 Å². The van der Waals surface area contributed by atoms with Crippen LogP contribution in [0.3, 0.4) is 0 Å². The summed E-state index contributed by atoms with van der Waals surface area (Å²) in [5.41, 5.74) is 2.14. The summed E-state index contributed by atoms with van der Waals surface area (Å²) in [5.74, 6) is -0.207. The van der Waals surface area contributed by atoms with E-state index < -0.39 is 0 Å². The average Bonchev–Trinajstić information content (AvgIpc) is 2.80. The van der Waals surface area contributed by atoms with Gasteiger partial charge in [0.1, 0.15) is 0 Å². The van der Waals surface area contributed by atoms with Crippen LogP contribution in [0.15, 0.2) is 24.5 Å². The third kappa shape index (κ3) is 2.48. The number of rotatable bonds is 3. The Hall–Kier alpha value is -2.75. The van der Waals surface area contributed by atoms with Crippen LogP contribution in [-0.2, 0) is 6.54 Å². The van der Waals surface area contributed by atoms with Gasteiger partial charge in [0.2, 0.25) is 0 Å². The van der Waals surface area contributed by atoms with E-state index in [1.54, 1.807) is 22.0 Å². The zero-order chi connectivity index (χ0) is 14.8. The molecule has 0 aliphatic carbocycles. The SMILES string of the molecule is Cc1c(C(=O)N2CC(C#N)C2)nnn1Cc1ccncc1. The first-order valence-corrected chi connectivity index (χ1v) is 6.67. The van der Waals surface area contributed by atoms with Crippen LogP contribution in [0.2, 0.25) is 0 Å². The van der Waals surface area contributed by atoms with Crippen molar-refractivity contribution in [3.8, 4) is 6.07 Å². The maximum Gasteiger partial charge on any atom is 0.276 e. The summed E-state index contributed by atoms with van der Waals surface area (Å²) < 4.78 is 1.70. The fourth-order valence-corrected chi connectivity index (χ4v) is 2.25. The van der Waals surface area contributed by atoms with Crippen molar-refractivity contribution in [2.24, 2.45) is 5.92 Å². The highest BCUT2D eigenvalue weighted by Crippen LogP contribution is 2.18. The maximum atomic E-state index is 12.3. The van der Waals surface area contributed by atoms with Crippen molar-refractivity contribution in [2.75, 3.05) is 13.1 Å². The van der Waals surface area contributed by atoms with E-state index in [1.165, 1.54) is 0 Å².